The van der Waals surface area contributed by atoms with Crippen LogP contribution in [0, 0.1) is 0 Å². The van der Waals surface area contributed by atoms with Crippen LogP contribution in [0.4, 0.5) is 0 Å². The lowest BCUT2D eigenvalue weighted by Crippen LogP contribution is -1.98. The van der Waals surface area contributed by atoms with Crippen molar-refractivity contribution in [2.24, 2.45) is 0 Å². The molecule has 0 unspecified atom stereocenters. The number of aromatic nitrogens is 2. The largest absolute Gasteiger partial charge is 0.456 e. The highest BCUT2D eigenvalue weighted by molar-refractivity contribution is 6.15. The van der Waals surface area contributed by atoms with Crippen molar-refractivity contribution in [1.82, 2.24) is 9.13 Å². The first kappa shape index (κ1) is 12.9. The zero-order chi connectivity index (χ0) is 45.1. The minimum Gasteiger partial charge on any atom is -0.456 e. The van der Waals surface area contributed by atoms with Gasteiger partial charge in [0.05, 0.1) is 52.4 Å². The molecular weight excluding hydrogens is 548 g/mol. The third-order valence-corrected chi connectivity index (χ3v) is 8.04. The van der Waals surface area contributed by atoms with E-state index in [1.165, 1.54) is 0 Å². The molecule has 3 heteroatoms. The minimum atomic E-state index is -0.870. The van der Waals surface area contributed by atoms with E-state index in [9.17, 15) is 11.0 Å². The van der Waals surface area contributed by atoms with E-state index in [0.717, 1.165) is 15.3 Å². The second kappa shape index (κ2) is 9.22. The van der Waals surface area contributed by atoms with Gasteiger partial charge in [0.2, 0.25) is 0 Å². The van der Waals surface area contributed by atoms with Crippen LogP contribution in [0.15, 0.2) is 162 Å². The molecule has 0 aliphatic heterocycles. The van der Waals surface area contributed by atoms with Gasteiger partial charge in [0.15, 0.2) is 0 Å². The third kappa shape index (κ3) is 3.41. The number of hydrogen-bond acceptors (Lipinski definition) is 1. The van der Waals surface area contributed by atoms with Gasteiger partial charge in [0.25, 0.3) is 0 Å². The summed E-state index contributed by atoms with van der Waals surface area (Å²) in [5, 5.41) is 0.184. The molecule has 0 saturated heterocycles. The Labute approximate surface area is 284 Å². The van der Waals surface area contributed by atoms with Crippen LogP contribution in [-0.4, -0.2) is 9.13 Å². The summed E-state index contributed by atoms with van der Waals surface area (Å²) in [7, 11) is 0. The summed E-state index contributed by atoms with van der Waals surface area (Å²) in [6.45, 7) is 0. The van der Waals surface area contributed by atoms with Gasteiger partial charge < -0.3 is 13.6 Å². The van der Waals surface area contributed by atoms with Gasteiger partial charge in [-0.2, -0.15) is 0 Å². The second-order valence-electron chi connectivity index (χ2n) is 10.4. The summed E-state index contributed by atoms with van der Waals surface area (Å²) in [4.78, 5) is 0. The zero-order valence-electron chi connectivity index (χ0n) is 40.9. The van der Waals surface area contributed by atoms with Gasteiger partial charge >= 0.3 is 0 Å². The number of hydrogen-bond donors (Lipinski definition) is 0. The Bertz CT molecular complexity index is 3740. The number of furan rings is 1. The molecule has 0 radical (unpaired) electrons. The molecule has 210 valence electrons. The van der Waals surface area contributed by atoms with Crippen molar-refractivity contribution in [2.45, 2.75) is 0 Å². The van der Waals surface area contributed by atoms with Crippen molar-refractivity contribution in [3.05, 3.63) is 157 Å². The molecule has 7 aromatic carbocycles. The fourth-order valence-corrected chi connectivity index (χ4v) is 6.21. The highest BCUT2D eigenvalue weighted by Crippen LogP contribution is 2.42. The minimum absolute atomic E-state index is 0.120. The van der Waals surface area contributed by atoms with Crippen LogP contribution in [0.25, 0.3) is 88.1 Å². The quantitative estimate of drug-likeness (QED) is 0.200. The lowest BCUT2D eigenvalue weighted by atomic mass is 9.98. The Kier molecular flexibility index (Phi) is 2.64. The van der Waals surface area contributed by atoms with Crippen molar-refractivity contribution in [1.29, 1.82) is 0 Å². The van der Waals surface area contributed by atoms with Crippen LogP contribution in [0.1, 0.15) is 24.7 Å². The van der Waals surface area contributed by atoms with Crippen molar-refractivity contribution in [3.8, 4) is 22.5 Å². The molecule has 10 rings (SSSR count). The Morgan fingerprint density at radius 3 is 1.93 bits per heavy atom. The van der Waals surface area contributed by atoms with Crippen LogP contribution in [0.5, 0.6) is 0 Å². The molecule has 0 bridgehead atoms. The first-order valence-corrected chi connectivity index (χ1v) is 13.9. The Morgan fingerprint density at radius 1 is 0.444 bits per heavy atom. The highest BCUT2D eigenvalue weighted by atomic mass is 16.3. The maximum Gasteiger partial charge on any atom is 0.136 e. The Hall–Kier alpha value is -6.06. The first-order valence-electron chi connectivity index (χ1n) is 22.9. The van der Waals surface area contributed by atoms with Gasteiger partial charge in [-0.05, 0) is 60.0 Å². The van der Waals surface area contributed by atoms with Gasteiger partial charge in [0.1, 0.15) is 11.2 Å². The van der Waals surface area contributed by atoms with E-state index in [2.05, 4.69) is 0 Å². The molecular formula is C42H26N2O. The number of para-hydroxylation sites is 5. The number of rotatable bonds is 3. The van der Waals surface area contributed by atoms with E-state index in [4.69, 9.17) is 18.1 Å². The lowest BCUT2D eigenvalue weighted by Gasteiger charge is -2.15. The van der Waals surface area contributed by atoms with Crippen LogP contribution in [0.2, 0.25) is 0 Å². The summed E-state index contributed by atoms with van der Waals surface area (Å²) in [5.74, 6) is 0. The maximum atomic E-state index is 9.89. The Morgan fingerprint density at radius 2 is 1.09 bits per heavy atom. The number of benzene rings is 7. The van der Waals surface area contributed by atoms with Crippen molar-refractivity contribution in [3.63, 3.8) is 0 Å². The van der Waals surface area contributed by atoms with Crippen LogP contribution in [-0.2, 0) is 0 Å². The second-order valence-corrected chi connectivity index (χ2v) is 10.4. The van der Waals surface area contributed by atoms with Gasteiger partial charge in [-0.1, -0.05) is 103 Å². The monoisotopic (exact) mass is 592 g/mol. The molecule has 0 aliphatic rings. The summed E-state index contributed by atoms with van der Waals surface area (Å²) in [5.41, 5.74) is -2.64. The van der Waals surface area contributed by atoms with E-state index >= 15 is 0 Å². The van der Waals surface area contributed by atoms with E-state index in [1.54, 1.807) is 28.8 Å². The van der Waals surface area contributed by atoms with E-state index < -0.39 is 148 Å². The van der Waals surface area contributed by atoms with Gasteiger partial charge in [-0.3, -0.25) is 0 Å². The molecule has 3 nitrogen and oxygen atoms in total. The molecule has 10 aromatic rings. The predicted molar refractivity (Wildman–Crippen MR) is 188 cm³/mol. The third-order valence-electron chi connectivity index (χ3n) is 8.04. The SMILES string of the molecule is [2H]c1c([2H])c([2H])c(-n2c3c([2H])c([2H])c([2H])c([2H])c3c3c([2H])c(-n4c5ccccc5c5ccccc54)c([2H])c([2H])c32)c(-c2c([2H])c([2H])c([2H])c3oc4c([2H])c([2H])c([2H])c([2H])c4c23)c1[2H]. The van der Waals surface area contributed by atoms with Crippen LogP contribution < -0.4 is 0 Å². The fourth-order valence-electron chi connectivity index (χ4n) is 6.21. The smallest absolute Gasteiger partial charge is 0.136 e. The highest BCUT2D eigenvalue weighted by Gasteiger charge is 2.20. The summed E-state index contributed by atoms with van der Waals surface area (Å²) in [6.07, 6.45) is 0. The molecule has 0 N–H and O–H groups in total. The van der Waals surface area contributed by atoms with Crippen LogP contribution in [0.3, 0.4) is 0 Å². The maximum absolute atomic E-state index is 9.89. The summed E-state index contributed by atoms with van der Waals surface area (Å²) >= 11 is 0. The van der Waals surface area contributed by atoms with Gasteiger partial charge in [-0.25, -0.2) is 0 Å². The van der Waals surface area contributed by atoms with Crippen molar-refractivity contribution >= 4 is 65.6 Å². The van der Waals surface area contributed by atoms with E-state index in [1.807, 2.05) is 24.3 Å². The number of fused-ring (bicyclic) bond motifs is 9. The number of nitrogens with zero attached hydrogens (tertiary/aromatic N) is 2. The Balaban J connectivity index is 1.49. The topological polar surface area (TPSA) is 23.0 Å². The average Bonchev–Trinajstić information content (AvgIpc) is 3.95. The normalized spacial score (nSPS) is 17.6. The van der Waals surface area contributed by atoms with Gasteiger partial charge in [0, 0.05) is 43.6 Å². The van der Waals surface area contributed by atoms with E-state index in [0.29, 0.717) is 11.0 Å². The molecule has 0 spiro atoms. The van der Waals surface area contributed by atoms with Crippen molar-refractivity contribution in [2.75, 3.05) is 0 Å². The first-order chi connectivity index (χ1) is 29.8. The fraction of sp³-hybridized carbons (Fsp3) is 0. The average molecular weight is 593 g/mol. The van der Waals surface area contributed by atoms with Crippen LogP contribution >= 0.6 is 0 Å². The standard InChI is InChI=1S/C42H26N2O/c1-6-18-35-28(12-1)29-13-2-7-19-36(29)43(35)27-24-25-39-34(26-27)31-15-4-9-21-38(31)44(39)37-20-8-3-14-30(37)32-17-11-23-41-42(32)33-16-5-10-22-40(33)45-41/h1-26H/i3D,4D,5D,8D,9D,10D,11D,14D,15D,16D,17D,20D,21D,22D,23D,24D,25D,26D. The van der Waals surface area contributed by atoms with E-state index in [-0.39, 0.29) is 27.2 Å². The molecule has 0 aliphatic carbocycles. The molecule has 0 saturated carbocycles. The zero-order valence-corrected chi connectivity index (χ0v) is 22.9. The summed E-state index contributed by atoms with van der Waals surface area (Å²) in [6, 6.07) is 1.28. The molecule has 0 amide bonds. The predicted octanol–water partition coefficient (Wildman–Crippen LogP) is 11.4. The summed E-state index contributed by atoms with van der Waals surface area (Å²) < 4.78 is 171. The molecule has 0 fully saturated rings. The molecule has 3 heterocycles. The lowest BCUT2D eigenvalue weighted by molar-refractivity contribution is 0.669. The molecule has 45 heavy (non-hydrogen) atoms. The van der Waals surface area contributed by atoms with Gasteiger partial charge in [-0.15, -0.1) is 0 Å². The molecule has 0 atom stereocenters. The molecule has 3 aromatic heterocycles. The van der Waals surface area contributed by atoms with Crippen molar-refractivity contribution < 1.29 is 29.1 Å².